The zero-order valence-electron chi connectivity index (χ0n) is 12.3. The molecule has 1 atom stereocenters. The number of carbonyl (C=O) groups excluding carboxylic acids is 2. The molecule has 0 bridgehead atoms. The quantitative estimate of drug-likeness (QED) is 0.850. The lowest BCUT2D eigenvalue weighted by Crippen LogP contribution is -2.35. The Kier molecular flexibility index (Phi) is 4.65. The standard InChI is InChI=1S/C15H17FN2O4/c1-9(22-11-5-3-10(16)4-6-11)7-17-14(20)12-8-18(2)15(21)13(12)19/h3-6,9,19H,7-8H2,1-2H3,(H,17,20). The van der Waals surface area contributed by atoms with Gasteiger partial charge in [-0.25, -0.2) is 4.39 Å². The summed E-state index contributed by atoms with van der Waals surface area (Å²) in [4.78, 5) is 24.6. The maximum absolute atomic E-state index is 12.8. The van der Waals surface area contributed by atoms with Gasteiger partial charge >= 0.3 is 0 Å². The second-order valence-electron chi connectivity index (χ2n) is 5.08. The van der Waals surface area contributed by atoms with Crippen molar-refractivity contribution in [3.05, 3.63) is 41.4 Å². The van der Waals surface area contributed by atoms with Gasteiger partial charge in [0.15, 0.2) is 5.76 Å². The van der Waals surface area contributed by atoms with Gasteiger partial charge in [-0.3, -0.25) is 9.59 Å². The van der Waals surface area contributed by atoms with Crippen molar-refractivity contribution in [1.82, 2.24) is 10.2 Å². The van der Waals surface area contributed by atoms with Crippen LogP contribution in [-0.4, -0.2) is 48.1 Å². The molecule has 2 N–H and O–H groups in total. The Morgan fingerprint density at radius 1 is 1.45 bits per heavy atom. The largest absolute Gasteiger partial charge is 0.503 e. The molecule has 0 aliphatic carbocycles. The first kappa shape index (κ1) is 15.8. The van der Waals surface area contributed by atoms with Crippen molar-refractivity contribution in [3.63, 3.8) is 0 Å². The van der Waals surface area contributed by atoms with E-state index in [9.17, 15) is 19.1 Å². The van der Waals surface area contributed by atoms with E-state index >= 15 is 0 Å². The lowest BCUT2D eigenvalue weighted by Gasteiger charge is -2.15. The average Bonchev–Trinajstić information content (AvgIpc) is 2.75. The highest BCUT2D eigenvalue weighted by molar-refractivity contribution is 6.06. The number of nitrogens with zero attached hydrogens (tertiary/aromatic N) is 1. The van der Waals surface area contributed by atoms with E-state index < -0.39 is 17.6 Å². The van der Waals surface area contributed by atoms with Gasteiger partial charge in [-0.2, -0.15) is 0 Å². The molecule has 1 aliphatic heterocycles. The van der Waals surface area contributed by atoms with Gasteiger partial charge in [-0.15, -0.1) is 0 Å². The molecular weight excluding hydrogens is 291 g/mol. The number of carbonyl (C=O) groups is 2. The molecule has 0 saturated carbocycles. The first-order valence-electron chi connectivity index (χ1n) is 6.76. The van der Waals surface area contributed by atoms with E-state index in [1.165, 1.54) is 36.2 Å². The molecule has 1 aromatic carbocycles. The second kappa shape index (κ2) is 6.46. The summed E-state index contributed by atoms with van der Waals surface area (Å²) < 4.78 is 18.3. The topological polar surface area (TPSA) is 78.9 Å². The SMILES string of the molecule is CC(CNC(=O)C1=C(O)C(=O)N(C)C1)Oc1ccc(F)cc1. The monoisotopic (exact) mass is 308 g/mol. The molecular formula is C15H17FN2O4. The van der Waals surface area contributed by atoms with E-state index in [0.717, 1.165) is 0 Å². The molecule has 1 aliphatic rings. The Morgan fingerprint density at radius 2 is 2.09 bits per heavy atom. The molecule has 0 radical (unpaired) electrons. The number of hydrogen-bond acceptors (Lipinski definition) is 4. The van der Waals surface area contributed by atoms with Crippen LogP contribution in [-0.2, 0) is 9.59 Å². The number of nitrogens with one attached hydrogen (secondary N) is 1. The van der Waals surface area contributed by atoms with Crippen molar-refractivity contribution in [1.29, 1.82) is 0 Å². The minimum absolute atomic E-state index is 0.0430. The molecule has 0 spiro atoms. The molecule has 0 saturated heterocycles. The number of hydrogen-bond donors (Lipinski definition) is 2. The summed E-state index contributed by atoms with van der Waals surface area (Å²) >= 11 is 0. The molecule has 0 fully saturated rings. The minimum Gasteiger partial charge on any atom is -0.503 e. The highest BCUT2D eigenvalue weighted by Gasteiger charge is 2.31. The molecule has 1 heterocycles. The van der Waals surface area contributed by atoms with Gasteiger partial charge in [0.1, 0.15) is 17.7 Å². The van der Waals surface area contributed by atoms with Crippen LogP contribution in [0, 0.1) is 5.82 Å². The Hall–Kier alpha value is -2.57. The number of likely N-dealkylation sites (N-methyl/N-ethyl adjacent to an activating group) is 1. The van der Waals surface area contributed by atoms with Gasteiger partial charge in [-0.05, 0) is 31.2 Å². The Bertz CT molecular complexity index is 612. The van der Waals surface area contributed by atoms with Crippen LogP contribution in [0.5, 0.6) is 5.75 Å². The van der Waals surface area contributed by atoms with E-state index in [1.807, 2.05) is 0 Å². The van der Waals surface area contributed by atoms with Crippen LogP contribution in [0.3, 0.4) is 0 Å². The number of benzene rings is 1. The lowest BCUT2D eigenvalue weighted by molar-refractivity contribution is -0.126. The van der Waals surface area contributed by atoms with Crippen LogP contribution in [0.25, 0.3) is 0 Å². The fourth-order valence-corrected chi connectivity index (χ4v) is 2.00. The van der Waals surface area contributed by atoms with E-state index in [2.05, 4.69) is 5.32 Å². The van der Waals surface area contributed by atoms with E-state index in [0.29, 0.717) is 5.75 Å². The first-order valence-corrected chi connectivity index (χ1v) is 6.76. The summed E-state index contributed by atoms with van der Waals surface area (Å²) in [6.07, 6.45) is -0.355. The second-order valence-corrected chi connectivity index (χ2v) is 5.08. The molecule has 118 valence electrons. The van der Waals surface area contributed by atoms with Gasteiger partial charge in [0.05, 0.1) is 18.7 Å². The van der Waals surface area contributed by atoms with Crippen LogP contribution < -0.4 is 10.1 Å². The summed E-state index contributed by atoms with van der Waals surface area (Å²) in [6, 6.07) is 5.55. The van der Waals surface area contributed by atoms with Crippen molar-refractivity contribution >= 4 is 11.8 Å². The molecule has 2 amide bonds. The molecule has 6 nitrogen and oxygen atoms in total. The predicted molar refractivity (Wildman–Crippen MR) is 76.8 cm³/mol. The summed E-state index contributed by atoms with van der Waals surface area (Å²) in [7, 11) is 1.50. The lowest BCUT2D eigenvalue weighted by atomic mass is 10.2. The van der Waals surface area contributed by atoms with Crippen molar-refractivity contribution in [2.24, 2.45) is 0 Å². The molecule has 22 heavy (non-hydrogen) atoms. The maximum Gasteiger partial charge on any atom is 0.289 e. The minimum atomic E-state index is -0.569. The number of amides is 2. The maximum atomic E-state index is 12.8. The zero-order chi connectivity index (χ0) is 16.3. The van der Waals surface area contributed by atoms with Gasteiger partial charge in [0.2, 0.25) is 0 Å². The number of ether oxygens (including phenoxy) is 1. The Morgan fingerprint density at radius 3 is 2.64 bits per heavy atom. The van der Waals surface area contributed by atoms with Crippen molar-refractivity contribution in [3.8, 4) is 5.75 Å². The van der Waals surface area contributed by atoms with Gasteiger partial charge in [0.25, 0.3) is 11.8 Å². The Labute approximate surface area is 127 Å². The van der Waals surface area contributed by atoms with Gasteiger partial charge in [-0.1, -0.05) is 0 Å². The van der Waals surface area contributed by atoms with Crippen molar-refractivity contribution < 1.29 is 23.8 Å². The van der Waals surface area contributed by atoms with Gasteiger partial charge < -0.3 is 20.1 Å². The fraction of sp³-hybridized carbons (Fsp3) is 0.333. The van der Waals surface area contributed by atoms with Gasteiger partial charge in [0, 0.05) is 7.05 Å². The summed E-state index contributed by atoms with van der Waals surface area (Å²) in [5, 5.41) is 12.2. The first-order chi connectivity index (χ1) is 10.4. The zero-order valence-corrected chi connectivity index (χ0v) is 12.3. The summed E-state index contributed by atoms with van der Waals surface area (Å²) in [6.45, 7) is 2.00. The third-order valence-corrected chi connectivity index (χ3v) is 3.21. The van der Waals surface area contributed by atoms with E-state index in [1.54, 1.807) is 6.92 Å². The van der Waals surface area contributed by atoms with Crippen LogP contribution in [0.4, 0.5) is 4.39 Å². The average molecular weight is 308 g/mol. The van der Waals surface area contributed by atoms with Crippen molar-refractivity contribution in [2.75, 3.05) is 20.1 Å². The molecule has 1 unspecified atom stereocenters. The third-order valence-electron chi connectivity index (χ3n) is 3.21. The number of halogens is 1. The van der Waals surface area contributed by atoms with E-state index in [4.69, 9.17) is 4.74 Å². The fourth-order valence-electron chi connectivity index (χ4n) is 2.00. The molecule has 7 heteroatoms. The molecule has 1 aromatic rings. The number of rotatable bonds is 5. The Balaban J connectivity index is 1.86. The number of aliphatic hydroxyl groups excluding tert-OH is 1. The summed E-state index contributed by atoms with van der Waals surface area (Å²) in [5.74, 6) is -1.47. The van der Waals surface area contributed by atoms with Crippen LogP contribution in [0.2, 0.25) is 0 Å². The normalized spacial score (nSPS) is 16.0. The smallest absolute Gasteiger partial charge is 0.289 e. The van der Waals surface area contributed by atoms with Crippen LogP contribution >= 0.6 is 0 Å². The molecule has 2 rings (SSSR count). The van der Waals surface area contributed by atoms with Crippen molar-refractivity contribution in [2.45, 2.75) is 13.0 Å². The summed E-state index contributed by atoms with van der Waals surface area (Å²) in [5.41, 5.74) is 0.0430. The van der Waals surface area contributed by atoms with E-state index in [-0.39, 0.29) is 30.6 Å². The highest BCUT2D eigenvalue weighted by atomic mass is 19.1. The van der Waals surface area contributed by atoms with Crippen LogP contribution in [0.1, 0.15) is 6.92 Å². The number of aliphatic hydroxyl groups is 1. The highest BCUT2D eigenvalue weighted by Crippen LogP contribution is 2.15. The molecule has 0 aromatic heterocycles. The van der Waals surface area contributed by atoms with Crippen LogP contribution in [0.15, 0.2) is 35.6 Å². The predicted octanol–water partition coefficient (Wildman–Crippen LogP) is 0.993. The third kappa shape index (κ3) is 3.55.